The van der Waals surface area contributed by atoms with Gasteiger partial charge in [-0.3, -0.25) is 9.59 Å². The van der Waals surface area contributed by atoms with Crippen molar-refractivity contribution in [3.05, 3.63) is 88.7 Å². The van der Waals surface area contributed by atoms with E-state index in [-0.39, 0.29) is 34.7 Å². The van der Waals surface area contributed by atoms with Crippen LogP contribution < -0.4 is 9.50 Å². The van der Waals surface area contributed by atoms with Gasteiger partial charge in [0.05, 0.1) is 6.54 Å². The number of halogens is 2. The van der Waals surface area contributed by atoms with Gasteiger partial charge in [0.2, 0.25) is 5.91 Å². The van der Waals surface area contributed by atoms with E-state index in [0.717, 1.165) is 6.07 Å². The zero-order valence-electron chi connectivity index (χ0n) is 19.3. The summed E-state index contributed by atoms with van der Waals surface area (Å²) in [5.74, 6) is -1.26. The number of carbonyl (C=O) groups is 2. The lowest BCUT2D eigenvalue weighted by molar-refractivity contribution is -0.114. The molecule has 35 heavy (non-hydrogen) atoms. The Morgan fingerprint density at radius 1 is 1.06 bits per heavy atom. The minimum Gasteiger partial charge on any atom is -0.379 e. The molecule has 10 heteroatoms. The van der Waals surface area contributed by atoms with Crippen LogP contribution in [0.1, 0.15) is 36.7 Å². The van der Waals surface area contributed by atoms with Gasteiger partial charge in [-0.15, -0.1) is 0 Å². The average molecular weight is 519 g/mol. The molecule has 2 amide bonds. The van der Waals surface area contributed by atoms with Gasteiger partial charge in [0.15, 0.2) is 0 Å². The van der Waals surface area contributed by atoms with Crippen LogP contribution in [-0.2, 0) is 21.5 Å². The van der Waals surface area contributed by atoms with Crippen LogP contribution in [0.4, 0.5) is 10.1 Å². The topological polar surface area (TPSA) is 92.8 Å². The standard InChI is InChI=1S/C25H24ClFN2O5S/c1-16(2)29(25(31)18-5-4-6-21(27)14-18)15-19-13-20(26)7-12-24(19)34-35(32,33)23-10-8-22(9-11-23)28-17(3)30/h4-14,16H,15H2,1-3H3,(H,28,30). The number of rotatable bonds is 8. The molecule has 0 unspecified atom stereocenters. The first kappa shape index (κ1) is 26.2. The highest BCUT2D eigenvalue weighted by molar-refractivity contribution is 7.87. The first-order valence-electron chi connectivity index (χ1n) is 10.6. The predicted molar refractivity (Wildman–Crippen MR) is 131 cm³/mol. The summed E-state index contributed by atoms with van der Waals surface area (Å²) < 4.78 is 44.9. The first-order valence-corrected chi connectivity index (χ1v) is 12.4. The van der Waals surface area contributed by atoms with E-state index in [9.17, 15) is 22.4 Å². The number of benzene rings is 3. The van der Waals surface area contributed by atoms with Gasteiger partial charge in [0.25, 0.3) is 5.91 Å². The van der Waals surface area contributed by atoms with E-state index >= 15 is 0 Å². The fourth-order valence-electron chi connectivity index (χ4n) is 3.29. The van der Waals surface area contributed by atoms with Gasteiger partial charge in [-0.05, 0) is 74.5 Å². The quantitative estimate of drug-likeness (QED) is 0.411. The lowest BCUT2D eigenvalue weighted by Gasteiger charge is -2.28. The van der Waals surface area contributed by atoms with Gasteiger partial charge in [0.1, 0.15) is 16.5 Å². The fourth-order valence-corrected chi connectivity index (χ4v) is 4.45. The van der Waals surface area contributed by atoms with Crippen LogP contribution in [0.2, 0.25) is 5.02 Å². The summed E-state index contributed by atoms with van der Waals surface area (Å²) in [5.41, 5.74) is 0.955. The van der Waals surface area contributed by atoms with Gasteiger partial charge in [-0.2, -0.15) is 8.42 Å². The molecular weight excluding hydrogens is 495 g/mol. The van der Waals surface area contributed by atoms with E-state index in [1.165, 1.54) is 72.5 Å². The molecule has 3 aromatic carbocycles. The average Bonchev–Trinajstić information content (AvgIpc) is 2.78. The van der Waals surface area contributed by atoms with Crippen molar-refractivity contribution in [2.75, 3.05) is 5.32 Å². The van der Waals surface area contributed by atoms with Crippen molar-refractivity contribution in [2.24, 2.45) is 0 Å². The van der Waals surface area contributed by atoms with Crippen LogP contribution >= 0.6 is 11.6 Å². The highest BCUT2D eigenvalue weighted by Gasteiger charge is 2.24. The van der Waals surface area contributed by atoms with E-state index in [2.05, 4.69) is 5.32 Å². The number of hydrogen-bond donors (Lipinski definition) is 1. The largest absolute Gasteiger partial charge is 0.379 e. The monoisotopic (exact) mass is 518 g/mol. The van der Waals surface area contributed by atoms with Gasteiger partial charge >= 0.3 is 10.1 Å². The summed E-state index contributed by atoms with van der Waals surface area (Å²) in [6, 6.07) is 14.9. The second kappa shape index (κ2) is 10.9. The lowest BCUT2D eigenvalue weighted by atomic mass is 10.1. The van der Waals surface area contributed by atoms with Crippen molar-refractivity contribution in [1.82, 2.24) is 4.90 Å². The number of nitrogens with one attached hydrogen (secondary N) is 1. The Morgan fingerprint density at radius 3 is 2.34 bits per heavy atom. The van der Waals surface area contributed by atoms with E-state index in [1.54, 1.807) is 13.8 Å². The maximum absolute atomic E-state index is 13.7. The van der Waals surface area contributed by atoms with Crippen molar-refractivity contribution >= 4 is 39.2 Å². The molecule has 1 N–H and O–H groups in total. The van der Waals surface area contributed by atoms with Crippen molar-refractivity contribution in [3.8, 4) is 5.75 Å². The molecule has 3 rings (SSSR count). The third-order valence-corrected chi connectivity index (χ3v) is 6.47. The highest BCUT2D eigenvalue weighted by Crippen LogP contribution is 2.29. The first-order chi connectivity index (χ1) is 16.5. The maximum atomic E-state index is 13.7. The van der Waals surface area contributed by atoms with Crippen LogP contribution in [0.3, 0.4) is 0 Å². The Labute approximate surface area is 208 Å². The van der Waals surface area contributed by atoms with Crippen LogP contribution in [0.5, 0.6) is 5.75 Å². The summed E-state index contributed by atoms with van der Waals surface area (Å²) in [7, 11) is -4.24. The molecule has 0 saturated heterocycles. The molecule has 0 radical (unpaired) electrons. The van der Waals surface area contributed by atoms with Gasteiger partial charge in [-0.25, -0.2) is 4.39 Å². The smallest absolute Gasteiger partial charge is 0.339 e. The number of amides is 2. The molecule has 0 atom stereocenters. The van der Waals surface area contributed by atoms with E-state index in [4.69, 9.17) is 15.8 Å². The second-order valence-electron chi connectivity index (χ2n) is 8.03. The fraction of sp³-hybridized carbons (Fsp3) is 0.200. The Hall–Kier alpha value is -3.43. The van der Waals surface area contributed by atoms with Crippen molar-refractivity contribution in [3.63, 3.8) is 0 Å². The molecule has 0 saturated carbocycles. The summed E-state index contributed by atoms with van der Waals surface area (Å²) in [6.45, 7) is 4.89. The van der Waals surface area contributed by atoms with Crippen molar-refractivity contribution in [1.29, 1.82) is 0 Å². The van der Waals surface area contributed by atoms with Crippen LogP contribution in [0, 0.1) is 5.82 Å². The van der Waals surface area contributed by atoms with E-state index < -0.39 is 21.8 Å². The summed E-state index contributed by atoms with van der Waals surface area (Å²) in [5, 5.41) is 2.88. The summed E-state index contributed by atoms with van der Waals surface area (Å²) in [4.78, 5) is 25.6. The minimum absolute atomic E-state index is 0.00182. The molecule has 184 valence electrons. The molecule has 0 aliphatic carbocycles. The molecule has 7 nitrogen and oxygen atoms in total. The third kappa shape index (κ3) is 6.80. The molecular formula is C25H24ClFN2O5S. The number of anilines is 1. The molecule has 0 heterocycles. The third-order valence-electron chi connectivity index (χ3n) is 4.98. The lowest BCUT2D eigenvalue weighted by Crippen LogP contribution is -2.36. The van der Waals surface area contributed by atoms with Gasteiger partial charge in [-0.1, -0.05) is 17.7 Å². The normalized spacial score (nSPS) is 11.3. The molecule has 0 spiro atoms. The summed E-state index contributed by atoms with van der Waals surface area (Å²) >= 11 is 6.15. The molecule has 0 fully saturated rings. The SMILES string of the molecule is CC(=O)Nc1ccc(S(=O)(=O)Oc2ccc(Cl)cc2CN(C(=O)c2cccc(F)c2)C(C)C)cc1. The van der Waals surface area contributed by atoms with Gasteiger partial charge in [0, 0.05) is 34.8 Å². The molecule has 3 aromatic rings. The van der Waals surface area contributed by atoms with Gasteiger partial charge < -0.3 is 14.4 Å². The van der Waals surface area contributed by atoms with Crippen molar-refractivity contribution < 1.29 is 26.6 Å². The van der Waals surface area contributed by atoms with Crippen LogP contribution in [0.25, 0.3) is 0 Å². The molecule has 0 aromatic heterocycles. The van der Waals surface area contributed by atoms with Crippen LogP contribution in [0.15, 0.2) is 71.6 Å². The summed E-state index contributed by atoms with van der Waals surface area (Å²) in [6.07, 6.45) is 0. The second-order valence-corrected chi connectivity index (χ2v) is 10.0. The van der Waals surface area contributed by atoms with E-state index in [1.807, 2.05) is 0 Å². The minimum atomic E-state index is -4.24. The Balaban J connectivity index is 1.90. The Kier molecular flexibility index (Phi) is 8.14. The molecule has 0 bridgehead atoms. The number of nitrogens with zero attached hydrogens (tertiary/aromatic N) is 1. The zero-order valence-corrected chi connectivity index (χ0v) is 20.9. The Bertz CT molecular complexity index is 1340. The maximum Gasteiger partial charge on any atom is 0.339 e. The van der Waals surface area contributed by atoms with E-state index in [0.29, 0.717) is 16.3 Å². The van der Waals surface area contributed by atoms with Crippen LogP contribution in [-0.4, -0.2) is 31.2 Å². The molecule has 0 aliphatic rings. The Morgan fingerprint density at radius 2 is 1.74 bits per heavy atom. The highest BCUT2D eigenvalue weighted by atomic mass is 35.5. The number of carbonyl (C=O) groups excluding carboxylic acids is 2. The predicted octanol–water partition coefficient (Wildman–Crippen LogP) is 5.26. The number of hydrogen-bond acceptors (Lipinski definition) is 5. The molecule has 0 aliphatic heterocycles. The van der Waals surface area contributed by atoms with Crippen molar-refractivity contribution in [2.45, 2.75) is 38.3 Å². The zero-order chi connectivity index (χ0) is 25.8.